The van der Waals surface area contributed by atoms with Crippen molar-refractivity contribution in [2.45, 2.75) is 16.9 Å². The largest absolute Gasteiger partial charge is 0.482 e. The van der Waals surface area contributed by atoms with Gasteiger partial charge in [-0.25, -0.2) is 0 Å². The molecule has 0 radical (unpaired) electrons. The first kappa shape index (κ1) is 21.7. The molecule has 11 heteroatoms. The average molecular weight is 483 g/mol. The number of fused-ring (bicyclic) bond motifs is 1. The fourth-order valence-electron chi connectivity index (χ4n) is 3.03. The highest BCUT2D eigenvalue weighted by Crippen LogP contribution is 2.38. The van der Waals surface area contributed by atoms with Crippen LogP contribution in [0.1, 0.15) is 11.1 Å². The molecular formula is C20H13F3N2O3S3. The van der Waals surface area contributed by atoms with Gasteiger partial charge >= 0.3 is 5.51 Å². The fourth-order valence-corrected chi connectivity index (χ4v) is 4.62. The number of thiocarbonyl (C=S) groups is 1. The van der Waals surface area contributed by atoms with Crippen molar-refractivity contribution in [1.29, 1.82) is 0 Å². The van der Waals surface area contributed by atoms with Gasteiger partial charge < -0.3 is 15.0 Å². The molecule has 1 N–H and O–H groups in total. The van der Waals surface area contributed by atoms with Gasteiger partial charge in [-0.1, -0.05) is 42.2 Å². The molecular weight excluding hydrogens is 469 g/mol. The van der Waals surface area contributed by atoms with E-state index in [4.69, 9.17) is 17.0 Å². The van der Waals surface area contributed by atoms with Crippen LogP contribution >= 0.6 is 35.7 Å². The molecule has 2 heterocycles. The van der Waals surface area contributed by atoms with E-state index < -0.39 is 5.51 Å². The van der Waals surface area contributed by atoms with Crippen LogP contribution in [0.5, 0.6) is 5.75 Å². The van der Waals surface area contributed by atoms with Gasteiger partial charge in [-0.3, -0.25) is 9.59 Å². The molecule has 160 valence electrons. The van der Waals surface area contributed by atoms with E-state index in [1.807, 2.05) is 0 Å². The molecule has 0 spiro atoms. The van der Waals surface area contributed by atoms with Crippen LogP contribution < -0.4 is 15.0 Å². The molecule has 2 aromatic carbocycles. The number of ether oxygens (including phenoxy) is 1. The number of carbonyl (C=O) groups is 2. The Hall–Kier alpha value is -2.50. The summed E-state index contributed by atoms with van der Waals surface area (Å²) < 4.78 is 43.4. The van der Waals surface area contributed by atoms with Crippen molar-refractivity contribution < 1.29 is 27.5 Å². The van der Waals surface area contributed by atoms with Gasteiger partial charge in [-0.15, -0.1) is 0 Å². The quantitative estimate of drug-likeness (QED) is 0.387. The number of nitrogens with zero attached hydrogens (tertiary/aromatic N) is 1. The second kappa shape index (κ2) is 8.56. The summed E-state index contributed by atoms with van der Waals surface area (Å²) in [6.45, 7) is 0.0352. The Morgan fingerprint density at radius 2 is 1.94 bits per heavy atom. The Morgan fingerprint density at radius 3 is 2.58 bits per heavy atom. The van der Waals surface area contributed by atoms with Crippen LogP contribution in [0.3, 0.4) is 0 Å². The van der Waals surface area contributed by atoms with E-state index in [9.17, 15) is 22.8 Å². The Balaban J connectivity index is 1.59. The molecule has 2 aromatic rings. The lowest BCUT2D eigenvalue weighted by Crippen LogP contribution is -2.38. The molecule has 0 unspecified atom stereocenters. The molecule has 0 saturated carbocycles. The average Bonchev–Trinajstić information content (AvgIpc) is 3.01. The number of benzene rings is 2. The van der Waals surface area contributed by atoms with Crippen LogP contribution in [-0.4, -0.2) is 28.3 Å². The number of thioether (sulfide) groups is 2. The summed E-state index contributed by atoms with van der Waals surface area (Å²) in [6.07, 6.45) is 1.67. The molecule has 31 heavy (non-hydrogen) atoms. The highest BCUT2D eigenvalue weighted by molar-refractivity contribution is 8.26. The van der Waals surface area contributed by atoms with Crippen molar-refractivity contribution in [3.63, 3.8) is 0 Å². The van der Waals surface area contributed by atoms with Crippen molar-refractivity contribution in [3.05, 3.63) is 58.5 Å². The first-order valence-corrected chi connectivity index (χ1v) is 10.9. The molecule has 4 rings (SSSR count). The van der Waals surface area contributed by atoms with Crippen LogP contribution in [0.15, 0.2) is 52.3 Å². The maximum absolute atomic E-state index is 12.5. The van der Waals surface area contributed by atoms with Crippen LogP contribution in [0.2, 0.25) is 0 Å². The lowest BCUT2D eigenvalue weighted by atomic mass is 10.1. The van der Waals surface area contributed by atoms with Gasteiger partial charge in [-0.2, -0.15) is 13.2 Å². The fraction of sp³-hybridized carbons (Fsp3) is 0.150. The molecule has 1 fully saturated rings. The molecule has 5 nitrogen and oxygen atoms in total. The summed E-state index contributed by atoms with van der Waals surface area (Å²) in [4.78, 5) is 26.4. The molecule has 0 bridgehead atoms. The summed E-state index contributed by atoms with van der Waals surface area (Å²) >= 11 is 5.95. The number of hydrogen-bond donors (Lipinski definition) is 1. The van der Waals surface area contributed by atoms with Gasteiger partial charge in [0.25, 0.3) is 11.8 Å². The summed E-state index contributed by atoms with van der Waals surface area (Å²) in [5.74, 6) is -0.0565. The second-order valence-electron chi connectivity index (χ2n) is 6.54. The van der Waals surface area contributed by atoms with Crippen molar-refractivity contribution in [3.8, 4) is 5.75 Å². The molecule has 0 aliphatic carbocycles. The molecule has 0 atom stereocenters. The van der Waals surface area contributed by atoms with Gasteiger partial charge in [0.15, 0.2) is 6.61 Å². The summed E-state index contributed by atoms with van der Waals surface area (Å²) in [5.41, 5.74) is -2.48. The predicted molar refractivity (Wildman–Crippen MR) is 118 cm³/mol. The second-order valence-corrected chi connectivity index (χ2v) is 9.40. The zero-order valence-electron chi connectivity index (χ0n) is 15.6. The topological polar surface area (TPSA) is 58.6 Å². The van der Waals surface area contributed by atoms with Gasteiger partial charge in [0.05, 0.1) is 17.1 Å². The Morgan fingerprint density at radius 1 is 1.19 bits per heavy atom. The molecule has 2 aliphatic heterocycles. The van der Waals surface area contributed by atoms with E-state index in [1.165, 1.54) is 17.0 Å². The summed E-state index contributed by atoms with van der Waals surface area (Å²) in [7, 11) is 0. The van der Waals surface area contributed by atoms with Crippen molar-refractivity contribution in [1.82, 2.24) is 5.32 Å². The van der Waals surface area contributed by atoms with E-state index >= 15 is 0 Å². The third-order valence-corrected chi connectivity index (χ3v) is 6.27. The maximum atomic E-state index is 12.5. The summed E-state index contributed by atoms with van der Waals surface area (Å²) in [5, 5.41) is 2.54. The molecule has 1 saturated heterocycles. The monoisotopic (exact) mass is 482 g/mol. The van der Waals surface area contributed by atoms with Crippen molar-refractivity contribution in [2.24, 2.45) is 0 Å². The predicted octanol–water partition coefficient (Wildman–Crippen LogP) is 4.71. The number of rotatable bonds is 4. The smallest absolute Gasteiger partial charge is 0.446 e. The van der Waals surface area contributed by atoms with Crippen LogP contribution in [0, 0.1) is 0 Å². The first-order valence-electron chi connectivity index (χ1n) is 8.85. The van der Waals surface area contributed by atoms with Crippen LogP contribution in [0.25, 0.3) is 6.08 Å². The van der Waals surface area contributed by atoms with E-state index in [1.54, 1.807) is 36.4 Å². The van der Waals surface area contributed by atoms with Gasteiger partial charge in [0.1, 0.15) is 10.1 Å². The van der Waals surface area contributed by atoms with Gasteiger partial charge in [-0.05, 0) is 53.2 Å². The lowest BCUT2D eigenvalue weighted by Gasteiger charge is -2.30. The summed E-state index contributed by atoms with van der Waals surface area (Å²) in [6, 6.07) is 11.1. The third-order valence-electron chi connectivity index (χ3n) is 4.36. The highest BCUT2D eigenvalue weighted by Gasteiger charge is 2.30. The van der Waals surface area contributed by atoms with E-state index in [-0.39, 0.29) is 41.6 Å². The SMILES string of the molecule is O=C1NC(=S)S/C1=C/c1ccc2c(c1)N(Cc1ccc(SC(F)(F)F)cc1)C(=O)CO2. The minimum atomic E-state index is -4.36. The maximum Gasteiger partial charge on any atom is 0.446 e. The number of alkyl halides is 3. The Bertz CT molecular complexity index is 1100. The van der Waals surface area contributed by atoms with Crippen LogP contribution in [0.4, 0.5) is 18.9 Å². The normalized spacial score (nSPS) is 17.6. The van der Waals surface area contributed by atoms with Gasteiger partial charge in [0, 0.05) is 4.90 Å². The standard InChI is InChI=1S/C20H13F3N2O3S3/c21-20(22,23)31-13-4-1-11(2-5-13)9-25-14-7-12(3-6-15(14)28-10-17(25)26)8-16-18(27)24-19(29)30-16/h1-8H,9-10H2,(H,24,27,29)/b16-8+. The van der Waals surface area contributed by atoms with Crippen molar-refractivity contribution >= 4 is 63.6 Å². The number of hydrogen-bond acceptors (Lipinski definition) is 6. The zero-order chi connectivity index (χ0) is 22.2. The van der Waals surface area contributed by atoms with Gasteiger partial charge in [0.2, 0.25) is 0 Å². The number of halogens is 3. The molecule has 0 aromatic heterocycles. The zero-order valence-corrected chi connectivity index (χ0v) is 18.0. The lowest BCUT2D eigenvalue weighted by molar-refractivity contribution is -0.121. The molecule has 2 aliphatic rings. The minimum Gasteiger partial charge on any atom is -0.482 e. The highest BCUT2D eigenvalue weighted by atomic mass is 32.2. The first-order chi connectivity index (χ1) is 14.7. The van der Waals surface area contributed by atoms with Crippen LogP contribution in [-0.2, 0) is 16.1 Å². The Labute approximate surface area is 189 Å². The van der Waals surface area contributed by atoms with E-state index in [0.29, 0.717) is 31.8 Å². The molecule has 2 amide bonds. The Kier molecular flexibility index (Phi) is 6.00. The number of anilines is 1. The third kappa shape index (κ3) is 5.23. The van der Waals surface area contributed by atoms with Crippen molar-refractivity contribution in [2.75, 3.05) is 11.5 Å². The minimum absolute atomic E-state index is 0.0733. The number of nitrogens with one attached hydrogen (secondary N) is 1. The number of carbonyl (C=O) groups excluding carboxylic acids is 2. The number of amides is 2. The van der Waals surface area contributed by atoms with E-state index in [2.05, 4.69) is 5.32 Å². The van der Waals surface area contributed by atoms with E-state index in [0.717, 1.165) is 11.8 Å².